The molecule has 0 aromatic rings. The molecule has 0 aromatic heterocycles. The van der Waals surface area contributed by atoms with Gasteiger partial charge in [0.15, 0.2) is 0 Å². The van der Waals surface area contributed by atoms with E-state index in [1.807, 2.05) is 13.8 Å². The Hall–Kier alpha value is -0.990. The molecule has 0 aliphatic carbocycles. The fourth-order valence-corrected chi connectivity index (χ4v) is 1.57. The lowest BCUT2D eigenvalue weighted by atomic mass is 9.98. The average molecular weight is 242 g/mol. The van der Waals surface area contributed by atoms with Crippen molar-refractivity contribution in [3.63, 3.8) is 0 Å². The van der Waals surface area contributed by atoms with E-state index in [1.165, 1.54) is 0 Å². The number of hydrogen-bond donors (Lipinski definition) is 0. The molecule has 0 bridgehead atoms. The van der Waals surface area contributed by atoms with Crippen molar-refractivity contribution in [3.05, 3.63) is 12.7 Å². The van der Waals surface area contributed by atoms with Gasteiger partial charge < -0.3 is 9.47 Å². The van der Waals surface area contributed by atoms with Gasteiger partial charge in [0.25, 0.3) is 0 Å². The quantitative estimate of drug-likeness (QED) is 0.361. The van der Waals surface area contributed by atoms with E-state index in [0.717, 1.165) is 12.8 Å². The van der Waals surface area contributed by atoms with Crippen molar-refractivity contribution in [1.29, 1.82) is 0 Å². The van der Waals surface area contributed by atoms with E-state index in [9.17, 15) is 4.79 Å². The molecule has 0 fully saturated rings. The minimum Gasteiger partial charge on any atom is -0.434 e. The van der Waals surface area contributed by atoms with Crippen LogP contribution in [0.4, 0.5) is 4.79 Å². The van der Waals surface area contributed by atoms with Gasteiger partial charge in [-0.25, -0.2) is 4.79 Å². The highest BCUT2D eigenvalue weighted by molar-refractivity contribution is 5.60. The summed E-state index contributed by atoms with van der Waals surface area (Å²) in [6.45, 7) is 12.4. The lowest BCUT2D eigenvalue weighted by Gasteiger charge is -2.27. The topological polar surface area (TPSA) is 35.5 Å². The van der Waals surface area contributed by atoms with Crippen molar-refractivity contribution < 1.29 is 14.3 Å². The van der Waals surface area contributed by atoms with Crippen molar-refractivity contribution in [2.24, 2.45) is 5.92 Å². The van der Waals surface area contributed by atoms with Gasteiger partial charge in [-0.05, 0) is 37.7 Å². The second-order valence-electron chi connectivity index (χ2n) is 4.71. The number of hydrogen-bond acceptors (Lipinski definition) is 3. The van der Waals surface area contributed by atoms with Crippen LogP contribution in [0.25, 0.3) is 0 Å². The van der Waals surface area contributed by atoms with Gasteiger partial charge in [-0.3, -0.25) is 0 Å². The molecule has 3 heteroatoms. The molecular weight excluding hydrogens is 216 g/mol. The van der Waals surface area contributed by atoms with Gasteiger partial charge in [-0.15, -0.1) is 0 Å². The normalized spacial score (nSPS) is 11.4. The summed E-state index contributed by atoms with van der Waals surface area (Å²) in [4.78, 5) is 11.5. The predicted molar refractivity (Wildman–Crippen MR) is 70.0 cm³/mol. The number of carbonyl (C=O) groups excluding carboxylic acids is 1. The Bertz CT molecular complexity index is 230. The molecule has 0 aromatic carbocycles. The van der Waals surface area contributed by atoms with Crippen LogP contribution in [0.3, 0.4) is 0 Å². The first-order valence-electron chi connectivity index (χ1n) is 6.49. The van der Waals surface area contributed by atoms with E-state index in [2.05, 4.69) is 20.4 Å². The molecule has 0 spiro atoms. The van der Waals surface area contributed by atoms with Crippen molar-refractivity contribution in [2.45, 2.75) is 59.0 Å². The van der Waals surface area contributed by atoms with Gasteiger partial charge in [0.2, 0.25) is 0 Å². The summed E-state index contributed by atoms with van der Waals surface area (Å²) in [5.74, 6) is 0.633. The van der Waals surface area contributed by atoms with Gasteiger partial charge in [-0.1, -0.05) is 34.3 Å². The lowest BCUT2D eigenvalue weighted by Crippen LogP contribution is -2.31. The summed E-state index contributed by atoms with van der Waals surface area (Å²) >= 11 is 0. The Balaban J connectivity index is 3.95. The molecule has 0 aliphatic heterocycles. The van der Waals surface area contributed by atoms with Crippen LogP contribution in [0.1, 0.15) is 53.4 Å². The van der Waals surface area contributed by atoms with E-state index >= 15 is 0 Å². The Morgan fingerprint density at radius 3 is 2.35 bits per heavy atom. The van der Waals surface area contributed by atoms with Crippen LogP contribution < -0.4 is 0 Å². The lowest BCUT2D eigenvalue weighted by molar-refractivity contribution is -0.0149. The average Bonchev–Trinajstić information content (AvgIpc) is 2.32. The maximum absolute atomic E-state index is 11.5. The third-order valence-corrected chi connectivity index (χ3v) is 3.00. The second-order valence-corrected chi connectivity index (χ2v) is 4.71. The third kappa shape index (κ3) is 6.35. The molecule has 0 aliphatic rings. The van der Waals surface area contributed by atoms with Crippen molar-refractivity contribution >= 4 is 6.16 Å². The number of ether oxygens (including phenoxy) is 2. The van der Waals surface area contributed by atoms with Crippen molar-refractivity contribution in [3.8, 4) is 0 Å². The van der Waals surface area contributed by atoms with Crippen LogP contribution in [0.5, 0.6) is 0 Å². The molecule has 0 rings (SSSR count). The fraction of sp³-hybridized carbons (Fsp3) is 0.786. The highest BCUT2D eigenvalue weighted by Gasteiger charge is 2.27. The van der Waals surface area contributed by atoms with E-state index in [0.29, 0.717) is 25.4 Å². The van der Waals surface area contributed by atoms with E-state index < -0.39 is 11.8 Å². The Kier molecular flexibility index (Phi) is 7.68. The molecule has 17 heavy (non-hydrogen) atoms. The minimum absolute atomic E-state index is 0.428. The zero-order valence-corrected chi connectivity index (χ0v) is 11.6. The first kappa shape index (κ1) is 16.0. The molecule has 0 atom stereocenters. The minimum atomic E-state index is -0.586. The summed E-state index contributed by atoms with van der Waals surface area (Å²) in [5.41, 5.74) is -0.574. The first-order valence-corrected chi connectivity index (χ1v) is 6.49. The van der Waals surface area contributed by atoms with Gasteiger partial charge >= 0.3 is 6.16 Å². The van der Waals surface area contributed by atoms with Gasteiger partial charge in [-0.2, -0.15) is 0 Å². The zero-order valence-electron chi connectivity index (χ0n) is 11.6. The fourth-order valence-electron chi connectivity index (χ4n) is 1.57. The summed E-state index contributed by atoms with van der Waals surface area (Å²) in [6, 6.07) is 0. The summed E-state index contributed by atoms with van der Waals surface area (Å²) in [7, 11) is 0. The molecular formula is C14H26O3. The molecule has 3 nitrogen and oxygen atoms in total. The number of rotatable bonds is 8. The Labute approximate surface area is 105 Å². The molecule has 0 saturated carbocycles. The van der Waals surface area contributed by atoms with Gasteiger partial charge in [0.05, 0.1) is 6.61 Å². The van der Waals surface area contributed by atoms with Gasteiger partial charge in [0, 0.05) is 0 Å². The first-order chi connectivity index (χ1) is 7.99. The maximum Gasteiger partial charge on any atom is 0.509 e. The van der Waals surface area contributed by atoms with Crippen LogP contribution in [0, 0.1) is 5.92 Å². The Morgan fingerprint density at radius 1 is 1.35 bits per heavy atom. The third-order valence-electron chi connectivity index (χ3n) is 3.00. The molecule has 0 N–H and O–H groups in total. The predicted octanol–water partition coefficient (Wildman–Crippen LogP) is 4.32. The molecule has 0 saturated heterocycles. The van der Waals surface area contributed by atoms with Crippen LogP contribution in [-0.2, 0) is 9.47 Å². The van der Waals surface area contributed by atoms with Crippen LogP contribution >= 0.6 is 0 Å². The molecule has 100 valence electrons. The molecule has 0 heterocycles. The zero-order chi connectivity index (χ0) is 13.3. The molecule has 0 radical (unpaired) electrons. The maximum atomic E-state index is 11.5. The van der Waals surface area contributed by atoms with Crippen LogP contribution in [0.15, 0.2) is 12.7 Å². The largest absolute Gasteiger partial charge is 0.509 e. The molecule has 0 amide bonds. The smallest absolute Gasteiger partial charge is 0.434 e. The van der Waals surface area contributed by atoms with E-state index in [1.54, 1.807) is 6.08 Å². The standard InChI is InChI=1S/C14H26O3/c1-6-14(7-2,8-3)17-13(15)16-11-9-10-12(4)5/h6,12H,1,7-11H2,2-5H3. The Morgan fingerprint density at radius 2 is 1.94 bits per heavy atom. The number of carbonyl (C=O) groups is 1. The highest BCUT2D eigenvalue weighted by Crippen LogP contribution is 2.22. The highest BCUT2D eigenvalue weighted by atomic mass is 16.7. The van der Waals surface area contributed by atoms with Crippen molar-refractivity contribution in [1.82, 2.24) is 0 Å². The monoisotopic (exact) mass is 242 g/mol. The molecule has 0 unspecified atom stereocenters. The second kappa shape index (κ2) is 8.15. The summed E-state index contributed by atoms with van der Waals surface area (Å²) in [5, 5.41) is 0. The van der Waals surface area contributed by atoms with E-state index in [4.69, 9.17) is 9.47 Å². The van der Waals surface area contributed by atoms with Crippen molar-refractivity contribution in [2.75, 3.05) is 6.61 Å². The van der Waals surface area contributed by atoms with Gasteiger partial charge in [0.1, 0.15) is 5.60 Å². The van der Waals surface area contributed by atoms with Crippen LogP contribution in [0.2, 0.25) is 0 Å². The summed E-state index contributed by atoms with van der Waals surface area (Å²) < 4.78 is 10.4. The van der Waals surface area contributed by atoms with E-state index in [-0.39, 0.29) is 0 Å². The van der Waals surface area contributed by atoms with Crippen LogP contribution in [-0.4, -0.2) is 18.4 Å². The summed E-state index contributed by atoms with van der Waals surface area (Å²) in [6.07, 6.45) is 4.47. The SMILES string of the molecule is C=CC(CC)(CC)OC(=O)OCCCC(C)C.